The second-order valence-corrected chi connectivity index (χ2v) is 4.63. The Morgan fingerprint density at radius 3 is 2.65 bits per heavy atom. The number of phenols is 1. The summed E-state index contributed by atoms with van der Waals surface area (Å²) in [4.78, 5) is 4.47. The Bertz CT molecular complexity index is 597. The first-order valence-corrected chi connectivity index (χ1v) is 6.71. The zero-order valence-corrected chi connectivity index (χ0v) is 12.1. The van der Waals surface area contributed by atoms with Crippen LogP contribution in [0.4, 0.5) is 5.69 Å². The second kappa shape index (κ2) is 6.28. The minimum Gasteiger partial charge on any atom is -0.506 e. The van der Waals surface area contributed by atoms with Crippen molar-refractivity contribution >= 4 is 5.69 Å². The number of aromatic nitrogens is 1. The number of para-hydroxylation sites is 2. The molecule has 0 aliphatic heterocycles. The summed E-state index contributed by atoms with van der Waals surface area (Å²) in [6.07, 6.45) is 0.937. The van der Waals surface area contributed by atoms with E-state index >= 15 is 0 Å². The van der Waals surface area contributed by atoms with Crippen molar-refractivity contribution in [2.45, 2.75) is 26.8 Å². The van der Waals surface area contributed by atoms with Crippen molar-refractivity contribution in [3.63, 3.8) is 0 Å². The quantitative estimate of drug-likeness (QED) is 0.820. The third-order valence-electron chi connectivity index (χ3n) is 3.30. The van der Waals surface area contributed by atoms with Crippen molar-refractivity contribution in [2.24, 2.45) is 0 Å². The molecule has 2 rings (SSSR count). The van der Waals surface area contributed by atoms with Crippen LogP contribution in [-0.4, -0.2) is 17.2 Å². The van der Waals surface area contributed by atoms with Gasteiger partial charge < -0.3 is 15.2 Å². The van der Waals surface area contributed by atoms with Crippen molar-refractivity contribution in [3.8, 4) is 11.6 Å². The summed E-state index contributed by atoms with van der Waals surface area (Å²) < 4.78 is 5.33. The molecule has 20 heavy (non-hydrogen) atoms. The smallest absolute Gasteiger partial charge is 0.218 e. The Morgan fingerprint density at radius 2 is 2.00 bits per heavy atom. The number of anilines is 1. The SMILES string of the molecule is CCc1cc(CNc2ccccc2O)c(OC)nc1C. The largest absolute Gasteiger partial charge is 0.506 e. The molecule has 0 aliphatic rings. The number of aryl methyl sites for hydroxylation is 2. The van der Waals surface area contributed by atoms with E-state index in [4.69, 9.17) is 4.74 Å². The van der Waals surface area contributed by atoms with E-state index in [1.54, 1.807) is 19.2 Å². The predicted molar refractivity (Wildman–Crippen MR) is 80.3 cm³/mol. The van der Waals surface area contributed by atoms with E-state index in [9.17, 15) is 5.11 Å². The number of hydrogen-bond donors (Lipinski definition) is 2. The van der Waals surface area contributed by atoms with Gasteiger partial charge in [0.25, 0.3) is 0 Å². The van der Waals surface area contributed by atoms with Crippen LogP contribution in [0.1, 0.15) is 23.7 Å². The van der Waals surface area contributed by atoms with E-state index in [1.807, 2.05) is 19.1 Å². The number of rotatable bonds is 5. The first kappa shape index (κ1) is 14.2. The van der Waals surface area contributed by atoms with Gasteiger partial charge in [-0.1, -0.05) is 19.1 Å². The monoisotopic (exact) mass is 272 g/mol. The van der Waals surface area contributed by atoms with Gasteiger partial charge in [0.2, 0.25) is 5.88 Å². The molecule has 1 heterocycles. The van der Waals surface area contributed by atoms with Crippen molar-refractivity contribution in [1.29, 1.82) is 0 Å². The van der Waals surface area contributed by atoms with Crippen molar-refractivity contribution in [3.05, 3.63) is 47.2 Å². The molecule has 4 heteroatoms. The minimum atomic E-state index is 0.238. The van der Waals surface area contributed by atoms with Crippen LogP contribution < -0.4 is 10.1 Å². The van der Waals surface area contributed by atoms with Crippen molar-refractivity contribution in [2.75, 3.05) is 12.4 Å². The van der Waals surface area contributed by atoms with E-state index in [-0.39, 0.29) is 5.75 Å². The Balaban J connectivity index is 2.22. The molecule has 2 aromatic rings. The normalized spacial score (nSPS) is 10.3. The van der Waals surface area contributed by atoms with Gasteiger partial charge in [0.1, 0.15) is 5.75 Å². The fourth-order valence-corrected chi connectivity index (χ4v) is 2.15. The number of ether oxygens (including phenoxy) is 1. The highest BCUT2D eigenvalue weighted by atomic mass is 16.5. The Labute approximate surface area is 119 Å². The van der Waals surface area contributed by atoms with Crippen LogP contribution in [0, 0.1) is 6.92 Å². The lowest BCUT2D eigenvalue weighted by atomic mass is 10.1. The first-order valence-electron chi connectivity index (χ1n) is 6.71. The van der Waals surface area contributed by atoms with Gasteiger partial charge in [0.15, 0.2) is 0 Å². The van der Waals surface area contributed by atoms with Gasteiger partial charge in [0, 0.05) is 17.8 Å². The molecular formula is C16H20N2O2. The number of hydrogen-bond acceptors (Lipinski definition) is 4. The molecule has 0 radical (unpaired) electrons. The van der Waals surface area contributed by atoms with E-state index in [0.717, 1.165) is 17.7 Å². The average Bonchev–Trinajstić information content (AvgIpc) is 2.47. The number of benzene rings is 1. The Kier molecular flexibility index (Phi) is 4.45. The Morgan fingerprint density at radius 1 is 1.25 bits per heavy atom. The molecule has 0 saturated carbocycles. The lowest BCUT2D eigenvalue weighted by Gasteiger charge is -2.13. The van der Waals surface area contributed by atoms with Gasteiger partial charge in [-0.15, -0.1) is 0 Å². The van der Waals surface area contributed by atoms with Gasteiger partial charge in [-0.2, -0.15) is 0 Å². The summed E-state index contributed by atoms with van der Waals surface area (Å²) >= 11 is 0. The summed E-state index contributed by atoms with van der Waals surface area (Å²) in [6, 6.07) is 9.27. The summed E-state index contributed by atoms with van der Waals surface area (Å²) in [7, 11) is 1.62. The standard InChI is InChI=1S/C16H20N2O2/c1-4-12-9-13(16(20-3)18-11(12)2)10-17-14-7-5-6-8-15(14)19/h5-9,17,19H,4,10H2,1-3H3. The van der Waals surface area contributed by atoms with E-state index in [0.29, 0.717) is 18.1 Å². The second-order valence-electron chi connectivity index (χ2n) is 4.63. The molecule has 0 fully saturated rings. The number of nitrogens with one attached hydrogen (secondary N) is 1. The molecule has 0 unspecified atom stereocenters. The molecule has 2 N–H and O–H groups in total. The molecular weight excluding hydrogens is 252 g/mol. The van der Waals surface area contributed by atoms with Crippen LogP contribution in [0.3, 0.4) is 0 Å². The maximum atomic E-state index is 9.75. The summed E-state index contributed by atoms with van der Waals surface area (Å²) in [6.45, 7) is 4.65. The van der Waals surface area contributed by atoms with Crippen LogP contribution in [0.5, 0.6) is 11.6 Å². The zero-order valence-electron chi connectivity index (χ0n) is 12.1. The number of aromatic hydroxyl groups is 1. The van der Waals surface area contributed by atoms with Gasteiger partial charge in [-0.3, -0.25) is 0 Å². The molecule has 0 atom stereocenters. The van der Waals surface area contributed by atoms with Crippen LogP contribution in [0.15, 0.2) is 30.3 Å². The third kappa shape index (κ3) is 3.02. The molecule has 0 amide bonds. The lowest BCUT2D eigenvalue weighted by molar-refractivity contribution is 0.391. The predicted octanol–water partition coefficient (Wildman–Crippen LogP) is 3.28. The summed E-state index contributed by atoms with van der Waals surface area (Å²) in [5.74, 6) is 0.866. The maximum Gasteiger partial charge on any atom is 0.218 e. The van der Waals surface area contributed by atoms with Gasteiger partial charge >= 0.3 is 0 Å². The Hall–Kier alpha value is -2.23. The summed E-state index contributed by atoms with van der Waals surface area (Å²) in [5.41, 5.74) is 3.89. The molecule has 0 spiro atoms. The van der Waals surface area contributed by atoms with Gasteiger partial charge in [-0.25, -0.2) is 4.98 Å². The minimum absolute atomic E-state index is 0.238. The molecule has 1 aromatic carbocycles. The van der Waals surface area contributed by atoms with Crippen LogP contribution >= 0.6 is 0 Å². The van der Waals surface area contributed by atoms with Crippen molar-refractivity contribution in [1.82, 2.24) is 4.98 Å². The highest BCUT2D eigenvalue weighted by Crippen LogP contribution is 2.25. The van der Waals surface area contributed by atoms with Crippen molar-refractivity contribution < 1.29 is 9.84 Å². The van der Waals surface area contributed by atoms with E-state index in [1.165, 1.54) is 5.56 Å². The highest BCUT2D eigenvalue weighted by Gasteiger charge is 2.09. The number of phenolic OH excluding ortho intramolecular Hbond substituents is 1. The summed E-state index contributed by atoms with van der Waals surface area (Å²) in [5, 5.41) is 13.0. The maximum absolute atomic E-state index is 9.75. The van der Waals surface area contributed by atoms with Crippen LogP contribution in [-0.2, 0) is 13.0 Å². The molecule has 0 aliphatic carbocycles. The highest BCUT2D eigenvalue weighted by molar-refractivity contribution is 5.55. The molecule has 0 bridgehead atoms. The van der Waals surface area contributed by atoms with Crippen LogP contribution in [0.2, 0.25) is 0 Å². The average molecular weight is 272 g/mol. The fourth-order valence-electron chi connectivity index (χ4n) is 2.15. The number of methoxy groups -OCH3 is 1. The molecule has 4 nitrogen and oxygen atoms in total. The van der Waals surface area contributed by atoms with Crippen LogP contribution in [0.25, 0.3) is 0 Å². The number of nitrogens with zero attached hydrogens (tertiary/aromatic N) is 1. The zero-order chi connectivity index (χ0) is 14.5. The van der Waals surface area contributed by atoms with Gasteiger partial charge in [-0.05, 0) is 37.1 Å². The third-order valence-corrected chi connectivity index (χ3v) is 3.30. The topological polar surface area (TPSA) is 54.4 Å². The molecule has 0 saturated heterocycles. The van der Waals surface area contributed by atoms with Gasteiger partial charge in [0.05, 0.1) is 12.8 Å². The van der Waals surface area contributed by atoms with E-state index in [2.05, 4.69) is 23.3 Å². The number of pyridine rings is 1. The lowest BCUT2D eigenvalue weighted by Crippen LogP contribution is -2.06. The molecule has 106 valence electrons. The first-order chi connectivity index (χ1) is 9.65. The van der Waals surface area contributed by atoms with E-state index < -0.39 is 0 Å². The fraction of sp³-hybridized carbons (Fsp3) is 0.312. The molecule has 1 aromatic heterocycles.